The third kappa shape index (κ3) is 3.01. The molecule has 116 valence electrons. The zero-order chi connectivity index (χ0) is 15.0. The van der Waals surface area contributed by atoms with E-state index in [1.807, 2.05) is 26.0 Å². The number of hydrogen-bond acceptors (Lipinski definition) is 1. The Bertz CT molecular complexity index is 487. The Morgan fingerprint density at radius 3 is 2.29 bits per heavy atom. The molecule has 0 aromatic heterocycles. The zero-order valence-electron chi connectivity index (χ0n) is 13.4. The van der Waals surface area contributed by atoms with E-state index in [4.69, 9.17) is 5.73 Å². The molecule has 0 spiro atoms. The van der Waals surface area contributed by atoms with Crippen molar-refractivity contribution in [3.63, 3.8) is 0 Å². The van der Waals surface area contributed by atoms with E-state index in [9.17, 15) is 4.39 Å². The highest BCUT2D eigenvalue weighted by Crippen LogP contribution is 2.45. The fraction of sp³-hybridized carbons (Fsp3) is 0.684. The van der Waals surface area contributed by atoms with Crippen LogP contribution in [0.5, 0.6) is 0 Å². The van der Waals surface area contributed by atoms with E-state index in [2.05, 4.69) is 0 Å². The monoisotopic (exact) mass is 289 g/mol. The third-order valence-electron chi connectivity index (χ3n) is 5.93. The van der Waals surface area contributed by atoms with Crippen LogP contribution in [-0.2, 0) is 0 Å². The smallest absolute Gasteiger partial charge is 0.129 e. The Balaban J connectivity index is 1.74. The molecule has 21 heavy (non-hydrogen) atoms. The summed E-state index contributed by atoms with van der Waals surface area (Å²) in [4.78, 5) is 0. The lowest BCUT2D eigenvalue weighted by molar-refractivity contribution is 0.117. The summed E-state index contributed by atoms with van der Waals surface area (Å²) >= 11 is 0. The van der Waals surface area contributed by atoms with E-state index >= 15 is 0 Å². The molecule has 2 heteroatoms. The molecule has 0 radical (unpaired) electrons. The van der Waals surface area contributed by atoms with Gasteiger partial charge in [0.05, 0.1) is 0 Å². The van der Waals surface area contributed by atoms with Gasteiger partial charge in [0.1, 0.15) is 5.82 Å². The second-order valence-electron chi connectivity index (χ2n) is 7.37. The second kappa shape index (κ2) is 6.08. The Kier molecular flexibility index (Phi) is 4.35. The lowest BCUT2D eigenvalue weighted by Gasteiger charge is -2.41. The molecular weight excluding hydrogens is 261 g/mol. The van der Waals surface area contributed by atoms with Crippen LogP contribution in [0.4, 0.5) is 4.39 Å². The molecule has 2 saturated carbocycles. The highest BCUT2D eigenvalue weighted by Gasteiger charge is 2.34. The Hall–Kier alpha value is -0.890. The van der Waals surface area contributed by atoms with Gasteiger partial charge in [-0.3, -0.25) is 0 Å². The van der Waals surface area contributed by atoms with Gasteiger partial charge in [-0.2, -0.15) is 0 Å². The summed E-state index contributed by atoms with van der Waals surface area (Å²) in [6, 6.07) is 3.99. The number of aryl methyl sites for hydroxylation is 2. The number of hydrogen-bond donors (Lipinski definition) is 1. The molecule has 1 nitrogen and oxygen atoms in total. The first-order chi connectivity index (χ1) is 10.1. The van der Waals surface area contributed by atoms with Crippen molar-refractivity contribution in [2.75, 3.05) is 0 Å². The summed E-state index contributed by atoms with van der Waals surface area (Å²) in [5.74, 6) is 2.35. The fourth-order valence-electron chi connectivity index (χ4n) is 4.68. The standard InChI is InChI=1S/C19H28FN/c1-12-9-17(10-13(2)18(12)20)19(21)16-8-7-14-5-3-4-6-15(14)11-16/h9-10,14-16,19H,3-8,11,21H2,1-2H3. The molecule has 2 aliphatic rings. The van der Waals surface area contributed by atoms with Crippen LogP contribution >= 0.6 is 0 Å². The molecule has 2 fully saturated rings. The first-order valence-corrected chi connectivity index (χ1v) is 8.58. The van der Waals surface area contributed by atoms with E-state index in [1.54, 1.807) is 0 Å². The summed E-state index contributed by atoms with van der Waals surface area (Å²) < 4.78 is 13.8. The van der Waals surface area contributed by atoms with Gasteiger partial charge in [-0.1, -0.05) is 37.8 Å². The number of fused-ring (bicyclic) bond motifs is 1. The summed E-state index contributed by atoms with van der Waals surface area (Å²) in [6.07, 6.45) is 9.53. The van der Waals surface area contributed by atoms with Gasteiger partial charge in [-0.15, -0.1) is 0 Å². The zero-order valence-corrected chi connectivity index (χ0v) is 13.4. The first kappa shape index (κ1) is 15.0. The summed E-state index contributed by atoms with van der Waals surface area (Å²) in [5, 5.41) is 0. The number of benzene rings is 1. The van der Waals surface area contributed by atoms with Gasteiger partial charge in [-0.25, -0.2) is 4.39 Å². The molecule has 4 unspecified atom stereocenters. The quantitative estimate of drug-likeness (QED) is 0.810. The van der Waals surface area contributed by atoms with Crippen LogP contribution in [-0.4, -0.2) is 0 Å². The predicted molar refractivity (Wildman–Crippen MR) is 85.6 cm³/mol. The second-order valence-corrected chi connectivity index (χ2v) is 7.37. The van der Waals surface area contributed by atoms with Crippen LogP contribution in [0.25, 0.3) is 0 Å². The summed E-state index contributed by atoms with van der Waals surface area (Å²) in [6.45, 7) is 3.69. The molecule has 4 atom stereocenters. The van der Waals surface area contributed by atoms with Gasteiger partial charge in [0.25, 0.3) is 0 Å². The minimum absolute atomic E-state index is 0.0749. The van der Waals surface area contributed by atoms with Crippen molar-refractivity contribution in [3.05, 3.63) is 34.6 Å². The van der Waals surface area contributed by atoms with Gasteiger partial charge in [0, 0.05) is 6.04 Å². The molecule has 0 saturated heterocycles. The largest absolute Gasteiger partial charge is 0.324 e. The van der Waals surface area contributed by atoms with Gasteiger partial charge < -0.3 is 5.73 Å². The van der Waals surface area contributed by atoms with E-state index in [1.165, 1.54) is 44.9 Å². The maximum atomic E-state index is 13.8. The maximum absolute atomic E-state index is 13.8. The topological polar surface area (TPSA) is 26.0 Å². The Morgan fingerprint density at radius 2 is 1.62 bits per heavy atom. The van der Waals surface area contributed by atoms with Gasteiger partial charge in [0.2, 0.25) is 0 Å². The molecule has 2 aliphatic carbocycles. The van der Waals surface area contributed by atoms with Crippen molar-refractivity contribution < 1.29 is 4.39 Å². The highest BCUT2D eigenvalue weighted by molar-refractivity contribution is 5.32. The van der Waals surface area contributed by atoms with E-state index in [0.717, 1.165) is 28.5 Å². The highest BCUT2D eigenvalue weighted by atomic mass is 19.1. The van der Waals surface area contributed by atoms with Crippen LogP contribution in [0.3, 0.4) is 0 Å². The molecule has 1 aromatic rings. The lowest BCUT2D eigenvalue weighted by Crippen LogP contribution is -2.33. The van der Waals surface area contributed by atoms with Crippen LogP contribution in [0.15, 0.2) is 12.1 Å². The van der Waals surface area contributed by atoms with Crippen LogP contribution in [0, 0.1) is 37.4 Å². The lowest BCUT2D eigenvalue weighted by atomic mass is 9.65. The maximum Gasteiger partial charge on any atom is 0.129 e. The Morgan fingerprint density at radius 1 is 1.00 bits per heavy atom. The molecule has 2 N–H and O–H groups in total. The van der Waals surface area contributed by atoms with E-state index in [0.29, 0.717) is 5.92 Å². The van der Waals surface area contributed by atoms with Crippen LogP contribution in [0.2, 0.25) is 0 Å². The molecule has 0 heterocycles. The molecule has 1 aromatic carbocycles. The average Bonchev–Trinajstić information content (AvgIpc) is 2.51. The molecule has 3 rings (SSSR count). The van der Waals surface area contributed by atoms with Crippen molar-refractivity contribution in [2.24, 2.45) is 23.5 Å². The van der Waals surface area contributed by atoms with Gasteiger partial charge in [-0.05, 0) is 67.6 Å². The van der Waals surface area contributed by atoms with Gasteiger partial charge >= 0.3 is 0 Å². The fourth-order valence-corrected chi connectivity index (χ4v) is 4.68. The van der Waals surface area contributed by atoms with Crippen molar-refractivity contribution in [2.45, 2.75) is 64.8 Å². The van der Waals surface area contributed by atoms with Gasteiger partial charge in [0.15, 0.2) is 0 Å². The van der Waals surface area contributed by atoms with Crippen molar-refractivity contribution in [3.8, 4) is 0 Å². The Labute approximate surface area is 128 Å². The van der Waals surface area contributed by atoms with Crippen LogP contribution < -0.4 is 5.73 Å². The number of nitrogens with two attached hydrogens (primary N) is 1. The third-order valence-corrected chi connectivity index (χ3v) is 5.93. The number of rotatable bonds is 2. The SMILES string of the molecule is Cc1cc(C(N)C2CCC3CCCCC3C2)cc(C)c1F. The predicted octanol–water partition coefficient (Wildman–Crippen LogP) is 5.05. The molecule has 0 bridgehead atoms. The van der Waals surface area contributed by atoms with E-state index < -0.39 is 0 Å². The molecule has 0 amide bonds. The molecular formula is C19H28FN. The minimum atomic E-state index is -0.0815. The summed E-state index contributed by atoms with van der Waals surface area (Å²) in [7, 11) is 0. The molecule has 0 aliphatic heterocycles. The first-order valence-electron chi connectivity index (χ1n) is 8.58. The average molecular weight is 289 g/mol. The van der Waals surface area contributed by atoms with Crippen LogP contribution in [0.1, 0.15) is 67.7 Å². The minimum Gasteiger partial charge on any atom is -0.324 e. The normalized spacial score (nSPS) is 30.8. The van der Waals surface area contributed by atoms with Crippen molar-refractivity contribution in [1.82, 2.24) is 0 Å². The summed E-state index contributed by atoms with van der Waals surface area (Å²) in [5.41, 5.74) is 9.14. The van der Waals surface area contributed by atoms with E-state index in [-0.39, 0.29) is 11.9 Å². The van der Waals surface area contributed by atoms with Crippen molar-refractivity contribution >= 4 is 0 Å². The number of halogens is 1. The van der Waals surface area contributed by atoms with Crippen molar-refractivity contribution in [1.29, 1.82) is 0 Å².